The molecule has 0 aliphatic rings. The molecule has 0 radical (unpaired) electrons. The molecule has 0 aliphatic carbocycles. The molecule has 1 aromatic carbocycles. The molecule has 0 saturated carbocycles. The van der Waals surface area contributed by atoms with Crippen molar-refractivity contribution in [2.24, 2.45) is 0 Å². The summed E-state index contributed by atoms with van der Waals surface area (Å²) in [6.45, 7) is 13.1. The van der Waals surface area contributed by atoms with Crippen molar-refractivity contribution in [2.45, 2.75) is 36.3 Å². The number of ether oxygens (including phenoxy) is 1. The third kappa shape index (κ3) is 4.09. The van der Waals surface area contributed by atoms with Gasteiger partial charge in [0.25, 0.3) is 0 Å². The van der Waals surface area contributed by atoms with Gasteiger partial charge in [-0.25, -0.2) is 0 Å². The molecule has 0 amide bonds. The highest BCUT2D eigenvalue weighted by molar-refractivity contribution is 8.01. The fourth-order valence-corrected chi connectivity index (χ4v) is 5.85. The molecule has 1 aromatic rings. The van der Waals surface area contributed by atoms with E-state index < -0.39 is 8.07 Å². The third-order valence-electron chi connectivity index (χ3n) is 2.77. The van der Waals surface area contributed by atoms with Crippen LogP contribution < -0.4 is 4.74 Å². The summed E-state index contributed by atoms with van der Waals surface area (Å²) in [5.74, 6) is 0.903. The quantitative estimate of drug-likeness (QED) is 0.436. The van der Waals surface area contributed by atoms with Gasteiger partial charge in [0.05, 0.1) is 15.2 Å². The lowest BCUT2D eigenvalue weighted by atomic mass is 10.3. The Balaban J connectivity index is 2.93. The summed E-state index contributed by atoms with van der Waals surface area (Å²) in [4.78, 5) is 1.79. The fourth-order valence-electron chi connectivity index (χ4n) is 1.80. The summed E-state index contributed by atoms with van der Waals surface area (Å²) < 4.78 is 5.18. The first-order chi connectivity index (χ1) is 8.38. The van der Waals surface area contributed by atoms with Gasteiger partial charge in [-0.15, -0.1) is 17.5 Å². The van der Waals surface area contributed by atoms with Gasteiger partial charge < -0.3 is 4.74 Å². The van der Waals surface area contributed by atoms with E-state index in [0.717, 1.165) is 5.75 Å². The fraction of sp³-hybridized carbons (Fsp3) is 0.400. The summed E-state index contributed by atoms with van der Waals surface area (Å²) in [5, 5.41) is 0. The number of thioether (sulfide) groups is 1. The largest absolute Gasteiger partial charge is 0.497 e. The minimum Gasteiger partial charge on any atom is -0.497 e. The highest BCUT2D eigenvalue weighted by Gasteiger charge is 2.29. The van der Waals surface area contributed by atoms with E-state index in [4.69, 9.17) is 4.74 Å². The molecule has 0 saturated heterocycles. The van der Waals surface area contributed by atoms with E-state index >= 15 is 0 Å². The molecule has 1 unspecified atom stereocenters. The van der Waals surface area contributed by atoms with Crippen molar-refractivity contribution in [3.63, 3.8) is 0 Å². The van der Waals surface area contributed by atoms with E-state index in [1.807, 2.05) is 23.9 Å². The van der Waals surface area contributed by atoms with Gasteiger partial charge in [-0.2, -0.15) is 0 Å². The number of benzene rings is 1. The topological polar surface area (TPSA) is 9.23 Å². The number of hydrogen-bond donors (Lipinski definition) is 0. The minimum absolute atomic E-state index is 0.517. The van der Waals surface area contributed by atoms with E-state index in [1.165, 1.54) is 10.5 Å². The molecule has 0 spiro atoms. The van der Waals surface area contributed by atoms with Gasteiger partial charge in [-0.05, 0) is 36.8 Å². The Kier molecular flexibility index (Phi) is 5.33. The molecule has 0 heterocycles. The Morgan fingerprint density at radius 2 is 1.83 bits per heavy atom. The van der Waals surface area contributed by atoms with Crippen LogP contribution in [0, 0.1) is 0 Å². The van der Waals surface area contributed by atoms with Crippen molar-refractivity contribution in [2.75, 3.05) is 7.11 Å². The molecule has 0 aliphatic heterocycles. The molecule has 0 fully saturated rings. The van der Waals surface area contributed by atoms with Gasteiger partial charge >= 0.3 is 0 Å². The molecular formula is C15H22OSSi. The van der Waals surface area contributed by atoms with Gasteiger partial charge in [-0.1, -0.05) is 26.2 Å². The van der Waals surface area contributed by atoms with E-state index in [1.54, 1.807) is 7.11 Å². The SMILES string of the molecule is C=C=C(C)C(Sc1ccc(OC)cc1)[Si](C)(C)C. The second kappa shape index (κ2) is 6.33. The zero-order chi connectivity index (χ0) is 13.8. The summed E-state index contributed by atoms with van der Waals surface area (Å²) in [6.07, 6.45) is 0. The van der Waals surface area contributed by atoms with Crippen molar-refractivity contribution < 1.29 is 4.74 Å². The van der Waals surface area contributed by atoms with E-state index in [2.05, 4.69) is 51.0 Å². The molecule has 1 rings (SSSR count). The zero-order valence-electron chi connectivity index (χ0n) is 11.9. The Labute approximate surface area is 116 Å². The van der Waals surface area contributed by atoms with Crippen LogP contribution in [0.3, 0.4) is 0 Å². The third-order valence-corrected chi connectivity index (χ3v) is 8.39. The predicted octanol–water partition coefficient (Wildman–Crippen LogP) is 4.76. The van der Waals surface area contributed by atoms with Gasteiger partial charge in [0.15, 0.2) is 0 Å². The Morgan fingerprint density at radius 1 is 1.28 bits per heavy atom. The first kappa shape index (κ1) is 15.2. The van der Waals surface area contributed by atoms with Crippen LogP contribution in [0.25, 0.3) is 0 Å². The molecule has 3 heteroatoms. The Hall–Kier alpha value is -0.893. The summed E-state index contributed by atoms with van der Waals surface area (Å²) in [6, 6.07) is 8.26. The summed E-state index contributed by atoms with van der Waals surface area (Å²) >= 11 is 1.91. The van der Waals surface area contributed by atoms with Crippen LogP contribution in [0.2, 0.25) is 19.6 Å². The number of hydrogen-bond acceptors (Lipinski definition) is 2. The smallest absolute Gasteiger partial charge is 0.118 e. The Bertz CT molecular complexity index is 439. The summed E-state index contributed by atoms with van der Waals surface area (Å²) in [7, 11) is 0.409. The average molecular weight is 278 g/mol. The number of rotatable bonds is 5. The predicted molar refractivity (Wildman–Crippen MR) is 84.3 cm³/mol. The van der Waals surface area contributed by atoms with Crippen LogP contribution in [0.15, 0.2) is 47.0 Å². The molecule has 1 atom stereocenters. The molecular weight excluding hydrogens is 256 g/mol. The maximum Gasteiger partial charge on any atom is 0.118 e. The van der Waals surface area contributed by atoms with E-state index in [0.29, 0.717) is 4.87 Å². The molecule has 98 valence electrons. The lowest BCUT2D eigenvalue weighted by Crippen LogP contribution is -2.36. The van der Waals surface area contributed by atoms with Gasteiger partial charge in [0.2, 0.25) is 0 Å². The van der Waals surface area contributed by atoms with Crippen molar-refractivity contribution in [3.05, 3.63) is 42.1 Å². The van der Waals surface area contributed by atoms with Crippen LogP contribution in [0.1, 0.15) is 6.92 Å². The number of methoxy groups -OCH3 is 1. The lowest BCUT2D eigenvalue weighted by molar-refractivity contribution is 0.414. The van der Waals surface area contributed by atoms with Gasteiger partial charge in [0, 0.05) is 9.77 Å². The lowest BCUT2D eigenvalue weighted by Gasteiger charge is -2.28. The molecule has 1 nitrogen and oxygen atoms in total. The maximum atomic E-state index is 5.18. The standard InChI is InChI=1S/C15H22OSSi/c1-7-12(2)15(18(4,5)6)17-14-10-8-13(16-3)9-11-14/h8-11,15H,1H2,2-6H3. The van der Waals surface area contributed by atoms with Crippen LogP contribution in [-0.2, 0) is 0 Å². The minimum atomic E-state index is -1.28. The van der Waals surface area contributed by atoms with Crippen molar-refractivity contribution in [1.82, 2.24) is 0 Å². The first-order valence-corrected chi connectivity index (χ1v) is 10.5. The van der Waals surface area contributed by atoms with Crippen molar-refractivity contribution >= 4 is 19.8 Å². The summed E-state index contributed by atoms with van der Waals surface area (Å²) in [5.41, 5.74) is 4.33. The monoisotopic (exact) mass is 278 g/mol. The van der Waals surface area contributed by atoms with Gasteiger partial charge in [0.1, 0.15) is 5.75 Å². The highest BCUT2D eigenvalue weighted by atomic mass is 32.2. The van der Waals surface area contributed by atoms with Gasteiger partial charge in [-0.3, -0.25) is 0 Å². The maximum absolute atomic E-state index is 5.18. The van der Waals surface area contributed by atoms with E-state index in [9.17, 15) is 0 Å². The van der Waals surface area contributed by atoms with Crippen LogP contribution in [0.5, 0.6) is 5.75 Å². The van der Waals surface area contributed by atoms with Crippen LogP contribution in [-0.4, -0.2) is 20.1 Å². The Morgan fingerprint density at radius 3 is 2.22 bits per heavy atom. The van der Waals surface area contributed by atoms with E-state index in [-0.39, 0.29) is 0 Å². The second-order valence-electron chi connectivity index (χ2n) is 5.40. The second-order valence-corrected chi connectivity index (χ2v) is 12.3. The van der Waals surface area contributed by atoms with Crippen LogP contribution in [0.4, 0.5) is 0 Å². The molecule has 0 N–H and O–H groups in total. The zero-order valence-corrected chi connectivity index (χ0v) is 13.7. The molecule has 0 bridgehead atoms. The van der Waals surface area contributed by atoms with Crippen molar-refractivity contribution in [3.8, 4) is 5.75 Å². The molecule has 0 aromatic heterocycles. The highest BCUT2D eigenvalue weighted by Crippen LogP contribution is 2.34. The van der Waals surface area contributed by atoms with Crippen molar-refractivity contribution in [1.29, 1.82) is 0 Å². The average Bonchev–Trinajstić information content (AvgIpc) is 2.34. The molecule has 18 heavy (non-hydrogen) atoms. The first-order valence-electron chi connectivity index (χ1n) is 6.05. The van der Waals surface area contributed by atoms with Crippen LogP contribution >= 0.6 is 11.8 Å². The normalized spacial score (nSPS) is 12.7.